The van der Waals surface area contributed by atoms with Gasteiger partial charge in [-0.2, -0.15) is 0 Å². The van der Waals surface area contributed by atoms with Gasteiger partial charge in [0.2, 0.25) is 0 Å². The lowest BCUT2D eigenvalue weighted by molar-refractivity contribution is 0.104. The molecular weight excluding hydrogens is 330 g/mol. The van der Waals surface area contributed by atoms with Crippen LogP contribution in [-0.2, 0) is 6.42 Å². The van der Waals surface area contributed by atoms with Crippen LogP contribution in [-0.4, -0.2) is 4.98 Å². The highest BCUT2D eigenvalue weighted by molar-refractivity contribution is 5.85. The summed E-state index contributed by atoms with van der Waals surface area (Å²) in [7, 11) is 0. The predicted octanol–water partition coefficient (Wildman–Crippen LogP) is 6.53. The quantitative estimate of drug-likeness (QED) is 0.601. The summed E-state index contributed by atoms with van der Waals surface area (Å²) in [5.41, 5.74) is 3.15. The Bertz CT molecular complexity index is 900. The van der Waals surface area contributed by atoms with Gasteiger partial charge in [0.25, 0.3) is 5.56 Å². The molecule has 3 rings (SSSR count). The average Bonchev–Trinajstić information content (AvgIpc) is 2.69. The summed E-state index contributed by atoms with van der Waals surface area (Å²) in [4.78, 5) is 15.6. The zero-order valence-electron chi connectivity index (χ0n) is 17.4. The Labute approximate surface area is 163 Å². The zero-order chi connectivity index (χ0) is 20.0. The van der Waals surface area contributed by atoms with E-state index < -0.39 is 0 Å². The fourth-order valence-electron chi connectivity index (χ4n) is 3.76. The molecule has 2 aromatic rings. The van der Waals surface area contributed by atoms with E-state index in [1.165, 1.54) is 12.0 Å². The lowest BCUT2D eigenvalue weighted by Gasteiger charge is -2.41. The van der Waals surface area contributed by atoms with Crippen LogP contribution in [0, 0.1) is 17.8 Å². The second-order valence-electron chi connectivity index (χ2n) is 7.44. The minimum atomic E-state index is -0.00942. The molecule has 1 N–H and O–H groups in total. The Morgan fingerprint density at radius 3 is 2.59 bits per heavy atom. The first kappa shape index (κ1) is 21.0. The lowest BCUT2D eigenvalue weighted by Crippen LogP contribution is -2.33. The van der Waals surface area contributed by atoms with Crippen molar-refractivity contribution in [2.45, 2.75) is 47.5 Å². The molecule has 2 heteroatoms. The van der Waals surface area contributed by atoms with Gasteiger partial charge >= 0.3 is 0 Å². The summed E-state index contributed by atoms with van der Waals surface area (Å²) >= 11 is 0. The summed E-state index contributed by atoms with van der Waals surface area (Å²) in [6.45, 7) is 14.3. The van der Waals surface area contributed by atoms with Gasteiger partial charge in [-0.3, -0.25) is 4.79 Å². The molecule has 0 saturated heterocycles. The average molecular weight is 364 g/mol. The van der Waals surface area contributed by atoms with Crippen molar-refractivity contribution in [2.75, 3.05) is 0 Å². The van der Waals surface area contributed by atoms with Crippen molar-refractivity contribution in [1.82, 2.24) is 4.98 Å². The molecule has 0 amide bonds. The molecule has 1 aliphatic carbocycles. The van der Waals surface area contributed by atoms with Gasteiger partial charge in [-0.1, -0.05) is 70.7 Å². The van der Waals surface area contributed by atoms with Gasteiger partial charge in [0.05, 0.1) is 0 Å². The van der Waals surface area contributed by atoms with Crippen LogP contribution in [0.5, 0.6) is 0 Å². The zero-order valence-corrected chi connectivity index (χ0v) is 17.4. The first-order valence-electron chi connectivity index (χ1n) is 10.1. The van der Waals surface area contributed by atoms with Crippen molar-refractivity contribution in [3.63, 3.8) is 0 Å². The van der Waals surface area contributed by atoms with Crippen molar-refractivity contribution in [1.29, 1.82) is 0 Å². The van der Waals surface area contributed by atoms with Crippen LogP contribution in [0.25, 0.3) is 16.3 Å². The number of hydrogen-bond donors (Lipinski definition) is 1. The van der Waals surface area contributed by atoms with Crippen LogP contribution in [0.3, 0.4) is 0 Å². The summed E-state index contributed by atoms with van der Waals surface area (Å²) in [6, 6.07) is 8.40. The largest absolute Gasteiger partial charge is 0.322 e. The van der Waals surface area contributed by atoms with Crippen molar-refractivity contribution < 1.29 is 0 Å². The minimum Gasteiger partial charge on any atom is -0.322 e. The topological polar surface area (TPSA) is 32.9 Å². The van der Waals surface area contributed by atoms with E-state index in [2.05, 4.69) is 49.7 Å². The molecule has 1 fully saturated rings. The summed E-state index contributed by atoms with van der Waals surface area (Å²) < 4.78 is 0. The number of fused-ring (bicyclic) bond motifs is 1. The first-order valence-corrected chi connectivity index (χ1v) is 10.1. The molecule has 1 saturated carbocycles. The van der Waals surface area contributed by atoms with Gasteiger partial charge in [0.15, 0.2) is 0 Å². The standard InChI is InChI=1S/C23H27NO.C2H6/c1-5-6-7-8-15(2)22-14-19-10-9-18(13-21(19)23(25)24-22)12-20-11-16(3)17(20)4;1-2/h5-10,13-14,16-17,20H,1,11-12H2,2-4H3,(H,24,25);1-2H3/b7-6-,15-8+;/t16?,17-,20?;/m1./s1. The number of aromatic amines is 1. The van der Waals surface area contributed by atoms with E-state index in [0.717, 1.165) is 46.2 Å². The fraction of sp³-hybridized carbons (Fsp3) is 0.400. The molecule has 1 aromatic heterocycles. The third-order valence-electron chi connectivity index (χ3n) is 5.74. The molecule has 0 radical (unpaired) electrons. The molecule has 2 unspecified atom stereocenters. The number of hydrogen-bond acceptors (Lipinski definition) is 1. The van der Waals surface area contributed by atoms with Gasteiger partial charge in [0.1, 0.15) is 0 Å². The molecule has 0 bridgehead atoms. The highest BCUT2D eigenvalue weighted by Gasteiger charge is 2.33. The Kier molecular flexibility index (Phi) is 7.41. The van der Waals surface area contributed by atoms with Crippen molar-refractivity contribution >= 4 is 16.3 Å². The van der Waals surface area contributed by atoms with E-state index in [-0.39, 0.29) is 5.56 Å². The number of pyridine rings is 1. The fourth-order valence-corrected chi connectivity index (χ4v) is 3.76. The van der Waals surface area contributed by atoms with Gasteiger partial charge in [0, 0.05) is 11.1 Å². The maximum absolute atomic E-state index is 12.6. The maximum Gasteiger partial charge on any atom is 0.256 e. The molecule has 2 nitrogen and oxygen atoms in total. The molecule has 27 heavy (non-hydrogen) atoms. The smallest absolute Gasteiger partial charge is 0.256 e. The van der Waals surface area contributed by atoms with Gasteiger partial charge in [-0.15, -0.1) is 0 Å². The summed E-state index contributed by atoms with van der Waals surface area (Å²) in [5.74, 6) is 2.38. The Balaban J connectivity index is 0.00000126. The second-order valence-corrected chi connectivity index (χ2v) is 7.44. The van der Waals surface area contributed by atoms with Crippen LogP contribution < -0.4 is 5.56 Å². The van der Waals surface area contributed by atoms with Crippen molar-refractivity contribution in [3.8, 4) is 0 Å². The Morgan fingerprint density at radius 1 is 1.22 bits per heavy atom. The van der Waals surface area contributed by atoms with Crippen LogP contribution in [0.2, 0.25) is 0 Å². The molecule has 0 spiro atoms. The maximum atomic E-state index is 12.6. The molecule has 1 aromatic carbocycles. The summed E-state index contributed by atoms with van der Waals surface area (Å²) in [5, 5.41) is 1.79. The third-order valence-corrected chi connectivity index (χ3v) is 5.74. The molecule has 3 atom stereocenters. The number of aromatic nitrogens is 1. The SMILES string of the molecule is C=C/C=C\C=C(/C)c1cc2ccc(CC3CC(C)[C@H]3C)cc2c(=O)[nH]1.CC. The Hall–Kier alpha value is -2.35. The van der Waals surface area contributed by atoms with Gasteiger partial charge in [-0.25, -0.2) is 0 Å². The number of nitrogens with one attached hydrogen (secondary N) is 1. The second kappa shape index (κ2) is 9.55. The highest BCUT2D eigenvalue weighted by Crippen LogP contribution is 2.41. The third kappa shape index (κ3) is 4.88. The summed E-state index contributed by atoms with van der Waals surface area (Å²) in [6.07, 6.45) is 9.89. The normalized spacial score (nSPS) is 22.3. The monoisotopic (exact) mass is 363 g/mol. The number of rotatable bonds is 5. The highest BCUT2D eigenvalue weighted by atomic mass is 16.1. The Morgan fingerprint density at radius 2 is 1.96 bits per heavy atom. The number of allylic oxidation sites excluding steroid dienone is 5. The van der Waals surface area contributed by atoms with Crippen LogP contribution >= 0.6 is 0 Å². The molecular formula is C25H33NO. The van der Waals surface area contributed by atoms with E-state index in [4.69, 9.17) is 0 Å². The molecule has 0 aliphatic heterocycles. The predicted molar refractivity (Wildman–Crippen MR) is 119 cm³/mol. The van der Waals surface area contributed by atoms with E-state index in [0.29, 0.717) is 0 Å². The number of H-pyrrole nitrogens is 1. The number of benzene rings is 1. The van der Waals surface area contributed by atoms with Gasteiger partial charge in [-0.05, 0) is 66.2 Å². The first-order chi connectivity index (χ1) is 13.0. The molecule has 144 valence electrons. The van der Waals surface area contributed by atoms with E-state index in [1.807, 2.05) is 39.0 Å². The molecule has 1 heterocycles. The lowest BCUT2D eigenvalue weighted by atomic mass is 9.64. The van der Waals surface area contributed by atoms with Crippen LogP contribution in [0.4, 0.5) is 0 Å². The van der Waals surface area contributed by atoms with Crippen molar-refractivity contribution in [2.24, 2.45) is 17.8 Å². The van der Waals surface area contributed by atoms with E-state index >= 15 is 0 Å². The van der Waals surface area contributed by atoms with Gasteiger partial charge < -0.3 is 4.98 Å². The minimum absolute atomic E-state index is 0.00942. The van der Waals surface area contributed by atoms with Crippen molar-refractivity contribution in [3.05, 3.63) is 76.8 Å². The van der Waals surface area contributed by atoms with Crippen LogP contribution in [0.15, 0.2) is 59.9 Å². The molecule has 1 aliphatic rings. The van der Waals surface area contributed by atoms with Crippen LogP contribution in [0.1, 0.15) is 52.3 Å². The van der Waals surface area contributed by atoms with E-state index in [9.17, 15) is 4.79 Å². The van der Waals surface area contributed by atoms with E-state index in [1.54, 1.807) is 6.08 Å².